The van der Waals surface area contributed by atoms with Gasteiger partial charge in [-0.3, -0.25) is 0 Å². The van der Waals surface area contributed by atoms with Crippen molar-refractivity contribution >= 4 is 10.8 Å². The van der Waals surface area contributed by atoms with Gasteiger partial charge in [-0.1, -0.05) is 36.4 Å². The fourth-order valence-corrected chi connectivity index (χ4v) is 1.61. The molecule has 0 aliphatic carbocycles. The molecule has 0 aliphatic heterocycles. The van der Waals surface area contributed by atoms with Crippen molar-refractivity contribution in [3.8, 4) is 5.75 Å². The summed E-state index contributed by atoms with van der Waals surface area (Å²) in [5, 5.41) is 20.2. The van der Waals surface area contributed by atoms with E-state index in [9.17, 15) is 5.11 Å². The van der Waals surface area contributed by atoms with Crippen LogP contribution in [0.3, 0.4) is 0 Å². The second-order valence-electron chi connectivity index (χ2n) is 3.56. The molecule has 2 rings (SSSR count). The van der Waals surface area contributed by atoms with Crippen molar-refractivity contribution in [2.75, 3.05) is 6.61 Å². The Kier molecular flexibility index (Phi) is 3.39. The van der Waals surface area contributed by atoms with E-state index in [2.05, 4.69) is 0 Å². The molecule has 2 aromatic carbocycles. The number of fused-ring (bicyclic) bond motifs is 1. The normalized spacial score (nSPS) is 12.6. The van der Waals surface area contributed by atoms with Crippen LogP contribution in [0.25, 0.3) is 10.8 Å². The Morgan fingerprint density at radius 3 is 2.62 bits per heavy atom. The first kappa shape index (κ1) is 10.9. The monoisotopic (exact) mass is 218 g/mol. The molecule has 2 N–H and O–H groups in total. The van der Waals surface area contributed by atoms with E-state index in [1.807, 2.05) is 42.5 Å². The smallest absolute Gasteiger partial charge is 0.199 e. The molecule has 1 atom stereocenters. The zero-order valence-corrected chi connectivity index (χ0v) is 8.84. The minimum Gasteiger partial charge on any atom is -0.464 e. The van der Waals surface area contributed by atoms with E-state index in [1.54, 1.807) is 0 Å². The highest BCUT2D eigenvalue weighted by molar-refractivity contribution is 5.88. The predicted octanol–water partition coefficient (Wildman–Crippen LogP) is 1.92. The Hall–Kier alpha value is -1.58. The number of benzene rings is 2. The third-order valence-corrected chi connectivity index (χ3v) is 2.39. The molecule has 0 saturated carbocycles. The maximum atomic E-state index is 9.48. The fourth-order valence-electron chi connectivity index (χ4n) is 1.61. The summed E-state index contributed by atoms with van der Waals surface area (Å²) in [7, 11) is 0. The van der Waals surface area contributed by atoms with E-state index in [0.29, 0.717) is 5.75 Å². The zero-order chi connectivity index (χ0) is 11.4. The van der Waals surface area contributed by atoms with Gasteiger partial charge in [0.05, 0.1) is 0 Å². The lowest BCUT2D eigenvalue weighted by molar-refractivity contribution is -0.0317. The van der Waals surface area contributed by atoms with Crippen LogP contribution in [0.1, 0.15) is 6.42 Å². The molecule has 0 aliphatic rings. The van der Waals surface area contributed by atoms with Gasteiger partial charge >= 0.3 is 0 Å². The van der Waals surface area contributed by atoms with E-state index in [4.69, 9.17) is 9.84 Å². The number of aliphatic hydroxyl groups is 2. The maximum Gasteiger partial charge on any atom is 0.199 e. The van der Waals surface area contributed by atoms with Crippen molar-refractivity contribution in [3.05, 3.63) is 42.5 Å². The Bertz CT molecular complexity index is 462. The van der Waals surface area contributed by atoms with Crippen LogP contribution in [0.2, 0.25) is 0 Å². The van der Waals surface area contributed by atoms with Gasteiger partial charge in [-0.05, 0) is 11.5 Å². The SMILES string of the molecule is OCCC(O)Oc1cccc2ccccc12. The molecule has 16 heavy (non-hydrogen) atoms. The Morgan fingerprint density at radius 1 is 1.06 bits per heavy atom. The highest BCUT2D eigenvalue weighted by Gasteiger charge is 2.07. The van der Waals surface area contributed by atoms with Crippen LogP contribution in [0.5, 0.6) is 5.75 Å². The molecule has 0 saturated heterocycles. The fraction of sp³-hybridized carbons (Fsp3) is 0.231. The first-order valence-corrected chi connectivity index (χ1v) is 5.24. The van der Waals surface area contributed by atoms with Crippen LogP contribution in [0, 0.1) is 0 Å². The standard InChI is InChI=1S/C13H14O3/c14-9-8-13(15)16-12-7-3-5-10-4-1-2-6-11(10)12/h1-7,13-15H,8-9H2. The highest BCUT2D eigenvalue weighted by atomic mass is 16.6. The van der Waals surface area contributed by atoms with Crippen LogP contribution in [0.4, 0.5) is 0 Å². The average Bonchev–Trinajstić information content (AvgIpc) is 2.30. The lowest BCUT2D eigenvalue weighted by Crippen LogP contribution is -2.16. The molecule has 0 heterocycles. The largest absolute Gasteiger partial charge is 0.464 e. The molecule has 0 radical (unpaired) electrons. The van der Waals surface area contributed by atoms with Crippen molar-refractivity contribution in [1.82, 2.24) is 0 Å². The van der Waals surface area contributed by atoms with Crippen molar-refractivity contribution in [2.45, 2.75) is 12.7 Å². The van der Waals surface area contributed by atoms with Crippen molar-refractivity contribution in [3.63, 3.8) is 0 Å². The third-order valence-electron chi connectivity index (χ3n) is 2.39. The van der Waals surface area contributed by atoms with Crippen molar-refractivity contribution in [1.29, 1.82) is 0 Å². The van der Waals surface area contributed by atoms with Gasteiger partial charge in [-0.2, -0.15) is 0 Å². The van der Waals surface area contributed by atoms with Gasteiger partial charge in [-0.15, -0.1) is 0 Å². The quantitative estimate of drug-likeness (QED) is 0.771. The number of hydrogen-bond donors (Lipinski definition) is 2. The summed E-state index contributed by atoms with van der Waals surface area (Å²) in [5.41, 5.74) is 0. The lowest BCUT2D eigenvalue weighted by atomic mass is 10.1. The minimum absolute atomic E-state index is 0.0913. The molecule has 3 nitrogen and oxygen atoms in total. The van der Waals surface area contributed by atoms with E-state index in [0.717, 1.165) is 10.8 Å². The average molecular weight is 218 g/mol. The molecule has 0 bridgehead atoms. The molecule has 0 fully saturated rings. The van der Waals surface area contributed by atoms with Crippen LogP contribution < -0.4 is 4.74 Å². The highest BCUT2D eigenvalue weighted by Crippen LogP contribution is 2.25. The Balaban J connectivity index is 2.30. The Labute approximate surface area is 93.9 Å². The first-order chi connectivity index (χ1) is 7.81. The number of rotatable bonds is 4. The molecule has 0 spiro atoms. The maximum absolute atomic E-state index is 9.48. The number of aliphatic hydroxyl groups excluding tert-OH is 2. The molecule has 3 heteroatoms. The summed E-state index contributed by atoms with van der Waals surface area (Å²) in [6.07, 6.45) is -0.751. The van der Waals surface area contributed by atoms with Gasteiger partial charge in [-0.25, -0.2) is 0 Å². The lowest BCUT2D eigenvalue weighted by Gasteiger charge is -2.14. The van der Waals surface area contributed by atoms with Crippen LogP contribution in [0.15, 0.2) is 42.5 Å². The number of hydrogen-bond acceptors (Lipinski definition) is 3. The molecule has 2 aromatic rings. The van der Waals surface area contributed by atoms with E-state index < -0.39 is 6.29 Å². The summed E-state index contributed by atoms with van der Waals surface area (Å²) < 4.78 is 5.36. The van der Waals surface area contributed by atoms with Gasteiger partial charge in [0.2, 0.25) is 0 Å². The van der Waals surface area contributed by atoms with Gasteiger partial charge in [0.15, 0.2) is 6.29 Å². The molecule has 0 amide bonds. The predicted molar refractivity (Wildman–Crippen MR) is 62.3 cm³/mol. The van der Waals surface area contributed by atoms with Crippen LogP contribution in [-0.2, 0) is 0 Å². The molecular weight excluding hydrogens is 204 g/mol. The summed E-state index contributed by atoms with van der Waals surface area (Å²) >= 11 is 0. The Morgan fingerprint density at radius 2 is 1.81 bits per heavy atom. The second kappa shape index (κ2) is 4.96. The summed E-state index contributed by atoms with van der Waals surface area (Å²) in [4.78, 5) is 0. The molecule has 84 valence electrons. The van der Waals surface area contributed by atoms with E-state index >= 15 is 0 Å². The van der Waals surface area contributed by atoms with Gasteiger partial charge < -0.3 is 14.9 Å². The topological polar surface area (TPSA) is 49.7 Å². The minimum atomic E-state index is -0.962. The molecule has 1 unspecified atom stereocenters. The summed E-state index contributed by atoms with van der Waals surface area (Å²) in [5.74, 6) is 0.638. The molecule has 0 aromatic heterocycles. The summed E-state index contributed by atoms with van der Waals surface area (Å²) in [6.45, 7) is -0.0913. The number of ether oxygens (including phenoxy) is 1. The van der Waals surface area contributed by atoms with Crippen molar-refractivity contribution in [2.24, 2.45) is 0 Å². The first-order valence-electron chi connectivity index (χ1n) is 5.24. The van der Waals surface area contributed by atoms with E-state index in [-0.39, 0.29) is 13.0 Å². The molecular formula is C13H14O3. The van der Waals surface area contributed by atoms with Gasteiger partial charge in [0, 0.05) is 18.4 Å². The zero-order valence-electron chi connectivity index (χ0n) is 8.84. The van der Waals surface area contributed by atoms with Crippen LogP contribution >= 0.6 is 0 Å². The van der Waals surface area contributed by atoms with Crippen molar-refractivity contribution < 1.29 is 14.9 Å². The second-order valence-corrected chi connectivity index (χ2v) is 3.56. The summed E-state index contributed by atoms with van der Waals surface area (Å²) in [6, 6.07) is 13.5. The van der Waals surface area contributed by atoms with Gasteiger partial charge in [0.1, 0.15) is 5.75 Å². The van der Waals surface area contributed by atoms with E-state index in [1.165, 1.54) is 0 Å². The van der Waals surface area contributed by atoms with Crippen LogP contribution in [-0.4, -0.2) is 23.1 Å². The third kappa shape index (κ3) is 2.32. The van der Waals surface area contributed by atoms with Gasteiger partial charge in [0.25, 0.3) is 0 Å².